The van der Waals surface area contributed by atoms with Gasteiger partial charge in [0.1, 0.15) is 5.82 Å². The molecule has 1 heterocycles. The minimum Gasteiger partial charge on any atom is -0.469 e. The second-order valence-corrected chi connectivity index (χ2v) is 4.08. The van der Waals surface area contributed by atoms with E-state index in [-0.39, 0.29) is 17.7 Å². The standard InChI is InChI=1S/C13H19N3O3/c1-19-11(17)7-3-2-4-8-16-13(18)10-6-5-9-15-12(10)14/h5-6,9H,2-4,7-8H2,1H3,(H2,14,15)(H,16,18). The van der Waals surface area contributed by atoms with Crippen LogP contribution < -0.4 is 11.1 Å². The number of nitrogens with two attached hydrogens (primary N) is 1. The molecule has 0 radical (unpaired) electrons. The third-order valence-electron chi connectivity index (χ3n) is 2.65. The van der Waals surface area contributed by atoms with Gasteiger partial charge in [0, 0.05) is 19.2 Å². The molecule has 104 valence electrons. The summed E-state index contributed by atoms with van der Waals surface area (Å²) in [6.45, 7) is 0.550. The number of carbonyl (C=O) groups excluding carboxylic acids is 2. The molecule has 1 rings (SSSR count). The molecule has 1 aromatic heterocycles. The predicted molar refractivity (Wildman–Crippen MR) is 71.5 cm³/mol. The van der Waals surface area contributed by atoms with Gasteiger partial charge < -0.3 is 15.8 Å². The molecule has 0 aliphatic heterocycles. The summed E-state index contributed by atoms with van der Waals surface area (Å²) in [7, 11) is 1.38. The molecular formula is C13H19N3O3. The van der Waals surface area contributed by atoms with Crippen LogP contribution in [-0.2, 0) is 9.53 Å². The molecule has 0 aliphatic carbocycles. The van der Waals surface area contributed by atoms with E-state index in [9.17, 15) is 9.59 Å². The molecule has 0 bridgehead atoms. The first-order valence-corrected chi connectivity index (χ1v) is 6.20. The Bertz CT molecular complexity index is 435. The zero-order valence-electron chi connectivity index (χ0n) is 11.0. The van der Waals surface area contributed by atoms with Gasteiger partial charge in [-0.15, -0.1) is 0 Å². The number of ether oxygens (including phenoxy) is 1. The molecule has 0 fully saturated rings. The summed E-state index contributed by atoms with van der Waals surface area (Å²) >= 11 is 0. The zero-order chi connectivity index (χ0) is 14.1. The van der Waals surface area contributed by atoms with Crippen LogP contribution in [0, 0.1) is 0 Å². The number of rotatable bonds is 7. The van der Waals surface area contributed by atoms with Gasteiger partial charge in [-0.1, -0.05) is 6.42 Å². The number of amides is 1. The number of unbranched alkanes of at least 4 members (excludes halogenated alkanes) is 2. The van der Waals surface area contributed by atoms with Gasteiger partial charge in [0.25, 0.3) is 5.91 Å². The highest BCUT2D eigenvalue weighted by Gasteiger charge is 2.08. The van der Waals surface area contributed by atoms with Crippen LogP contribution in [-0.4, -0.2) is 30.5 Å². The Morgan fingerprint density at radius 1 is 1.37 bits per heavy atom. The maximum absolute atomic E-state index is 11.7. The second-order valence-electron chi connectivity index (χ2n) is 4.08. The average Bonchev–Trinajstić information content (AvgIpc) is 2.42. The van der Waals surface area contributed by atoms with Crippen LogP contribution in [0.1, 0.15) is 36.0 Å². The molecule has 1 aromatic rings. The topological polar surface area (TPSA) is 94.3 Å². The number of carbonyl (C=O) groups is 2. The van der Waals surface area contributed by atoms with Crippen LogP contribution in [0.5, 0.6) is 0 Å². The van der Waals surface area contributed by atoms with Gasteiger partial charge in [0.15, 0.2) is 0 Å². The van der Waals surface area contributed by atoms with E-state index in [0.29, 0.717) is 18.5 Å². The smallest absolute Gasteiger partial charge is 0.305 e. The van der Waals surface area contributed by atoms with Gasteiger partial charge >= 0.3 is 5.97 Å². The van der Waals surface area contributed by atoms with E-state index in [4.69, 9.17) is 5.73 Å². The highest BCUT2D eigenvalue weighted by molar-refractivity contribution is 5.98. The lowest BCUT2D eigenvalue weighted by molar-refractivity contribution is -0.140. The van der Waals surface area contributed by atoms with Gasteiger partial charge in [-0.05, 0) is 25.0 Å². The summed E-state index contributed by atoms with van der Waals surface area (Å²) in [6, 6.07) is 3.30. The number of pyridine rings is 1. The number of hydrogen-bond acceptors (Lipinski definition) is 5. The van der Waals surface area contributed by atoms with Crippen molar-refractivity contribution in [1.82, 2.24) is 10.3 Å². The normalized spacial score (nSPS) is 9.95. The summed E-state index contributed by atoms with van der Waals surface area (Å²) in [5.74, 6) is -0.198. The molecule has 0 spiro atoms. The Balaban J connectivity index is 2.18. The SMILES string of the molecule is COC(=O)CCCCCNC(=O)c1cccnc1N. The summed E-state index contributed by atoms with van der Waals surface area (Å²) in [6.07, 6.45) is 4.39. The maximum atomic E-state index is 11.7. The monoisotopic (exact) mass is 265 g/mol. The zero-order valence-corrected chi connectivity index (χ0v) is 11.0. The Morgan fingerprint density at radius 3 is 2.84 bits per heavy atom. The first kappa shape index (κ1) is 14.9. The van der Waals surface area contributed by atoms with E-state index in [2.05, 4.69) is 15.0 Å². The van der Waals surface area contributed by atoms with Crippen LogP contribution in [0.2, 0.25) is 0 Å². The second kappa shape index (κ2) is 8.07. The van der Waals surface area contributed by atoms with Crippen molar-refractivity contribution in [2.24, 2.45) is 0 Å². The molecule has 19 heavy (non-hydrogen) atoms. The molecule has 3 N–H and O–H groups in total. The molecule has 0 aliphatic rings. The summed E-state index contributed by atoms with van der Waals surface area (Å²) in [5.41, 5.74) is 5.98. The molecule has 0 saturated carbocycles. The van der Waals surface area contributed by atoms with E-state index in [1.54, 1.807) is 18.3 Å². The van der Waals surface area contributed by atoms with Crippen molar-refractivity contribution in [1.29, 1.82) is 0 Å². The van der Waals surface area contributed by atoms with Crippen molar-refractivity contribution in [2.75, 3.05) is 19.4 Å². The Kier molecular flexibility index (Phi) is 6.35. The Labute approximate surface area is 112 Å². The minimum atomic E-state index is -0.224. The Hall–Kier alpha value is -2.11. The van der Waals surface area contributed by atoms with Crippen LogP contribution in [0.4, 0.5) is 5.82 Å². The molecular weight excluding hydrogens is 246 g/mol. The highest BCUT2D eigenvalue weighted by atomic mass is 16.5. The van der Waals surface area contributed by atoms with Crippen molar-refractivity contribution >= 4 is 17.7 Å². The molecule has 0 aromatic carbocycles. The van der Waals surface area contributed by atoms with Crippen LogP contribution in [0.15, 0.2) is 18.3 Å². The fourth-order valence-electron chi connectivity index (χ4n) is 1.58. The van der Waals surface area contributed by atoms with Crippen molar-refractivity contribution in [3.05, 3.63) is 23.9 Å². The number of nitrogens with zero attached hydrogens (tertiary/aromatic N) is 1. The van der Waals surface area contributed by atoms with Gasteiger partial charge in [-0.3, -0.25) is 9.59 Å². The fourth-order valence-corrected chi connectivity index (χ4v) is 1.58. The number of methoxy groups -OCH3 is 1. The number of nitrogen functional groups attached to an aromatic ring is 1. The summed E-state index contributed by atoms with van der Waals surface area (Å²) < 4.78 is 4.54. The lowest BCUT2D eigenvalue weighted by atomic mass is 10.2. The van der Waals surface area contributed by atoms with E-state index in [1.807, 2.05) is 0 Å². The number of esters is 1. The minimum absolute atomic E-state index is 0.202. The lowest BCUT2D eigenvalue weighted by Gasteiger charge is -2.06. The third-order valence-corrected chi connectivity index (χ3v) is 2.65. The van der Waals surface area contributed by atoms with Crippen LogP contribution in [0.25, 0.3) is 0 Å². The number of aromatic nitrogens is 1. The molecule has 0 atom stereocenters. The Morgan fingerprint density at radius 2 is 2.16 bits per heavy atom. The summed E-state index contributed by atoms with van der Waals surface area (Å²) in [4.78, 5) is 26.5. The number of nitrogens with one attached hydrogen (secondary N) is 1. The lowest BCUT2D eigenvalue weighted by Crippen LogP contribution is -2.25. The third kappa shape index (κ3) is 5.37. The molecule has 6 heteroatoms. The fraction of sp³-hybridized carbons (Fsp3) is 0.462. The quantitative estimate of drug-likeness (QED) is 0.569. The number of anilines is 1. The predicted octanol–water partition coefficient (Wildman–Crippen LogP) is 1.13. The van der Waals surface area contributed by atoms with E-state index in [0.717, 1.165) is 19.3 Å². The van der Waals surface area contributed by atoms with Crippen LogP contribution >= 0.6 is 0 Å². The van der Waals surface area contributed by atoms with Gasteiger partial charge in [0.05, 0.1) is 12.7 Å². The van der Waals surface area contributed by atoms with Crippen molar-refractivity contribution in [2.45, 2.75) is 25.7 Å². The van der Waals surface area contributed by atoms with Crippen LogP contribution in [0.3, 0.4) is 0 Å². The maximum Gasteiger partial charge on any atom is 0.305 e. The highest BCUT2D eigenvalue weighted by Crippen LogP contribution is 2.06. The van der Waals surface area contributed by atoms with Gasteiger partial charge in [0.2, 0.25) is 0 Å². The molecule has 1 amide bonds. The summed E-state index contributed by atoms with van der Waals surface area (Å²) in [5, 5.41) is 2.77. The van der Waals surface area contributed by atoms with E-state index >= 15 is 0 Å². The largest absolute Gasteiger partial charge is 0.469 e. The van der Waals surface area contributed by atoms with Crippen molar-refractivity contribution < 1.29 is 14.3 Å². The molecule has 0 saturated heterocycles. The van der Waals surface area contributed by atoms with Crippen molar-refractivity contribution in [3.8, 4) is 0 Å². The number of hydrogen-bond donors (Lipinski definition) is 2. The van der Waals surface area contributed by atoms with E-state index in [1.165, 1.54) is 7.11 Å². The molecule has 0 unspecified atom stereocenters. The average molecular weight is 265 g/mol. The first-order valence-electron chi connectivity index (χ1n) is 6.20. The van der Waals surface area contributed by atoms with Gasteiger partial charge in [-0.25, -0.2) is 4.98 Å². The van der Waals surface area contributed by atoms with Gasteiger partial charge in [-0.2, -0.15) is 0 Å². The first-order chi connectivity index (χ1) is 9.15. The van der Waals surface area contributed by atoms with E-state index < -0.39 is 0 Å². The molecule has 6 nitrogen and oxygen atoms in total. The van der Waals surface area contributed by atoms with Crippen molar-refractivity contribution in [3.63, 3.8) is 0 Å².